The van der Waals surface area contributed by atoms with Crippen LogP contribution in [0, 0.1) is 5.92 Å². The van der Waals surface area contributed by atoms with E-state index in [0.717, 1.165) is 16.5 Å². The Morgan fingerprint density at radius 1 is 1.24 bits per heavy atom. The number of nitrogens with one attached hydrogen (secondary N) is 1. The molecule has 17 heavy (non-hydrogen) atoms. The van der Waals surface area contributed by atoms with Gasteiger partial charge in [-0.15, -0.1) is 0 Å². The standard InChI is InChI=1S/C14H19Cl2N/c1-17-14-5-3-2-4-10(14)8-11-9-12(15)6-7-13(11)16/h6-7,9-10,14,17H,2-5,8H2,1H3. The van der Waals surface area contributed by atoms with Gasteiger partial charge in [0.1, 0.15) is 0 Å². The Morgan fingerprint density at radius 2 is 2.00 bits per heavy atom. The maximum Gasteiger partial charge on any atom is 0.0439 e. The molecule has 0 aromatic heterocycles. The number of rotatable bonds is 3. The molecule has 1 nitrogen and oxygen atoms in total. The topological polar surface area (TPSA) is 12.0 Å². The summed E-state index contributed by atoms with van der Waals surface area (Å²) in [6.45, 7) is 0. The zero-order valence-corrected chi connectivity index (χ0v) is 11.7. The van der Waals surface area contributed by atoms with E-state index >= 15 is 0 Å². The maximum atomic E-state index is 6.23. The molecule has 1 aliphatic rings. The summed E-state index contributed by atoms with van der Waals surface area (Å²) in [5, 5.41) is 5.05. The van der Waals surface area contributed by atoms with Gasteiger partial charge in [0.2, 0.25) is 0 Å². The Morgan fingerprint density at radius 3 is 2.76 bits per heavy atom. The molecule has 2 atom stereocenters. The first-order chi connectivity index (χ1) is 8.20. The zero-order valence-electron chi connectivity index (χ0n) is 10.2. The van der Waals surface area contributed by atoms with Crippen LogP contribution in [0.3, 0.4) is 0 Å². The van der Waals surface area contributed by atoms with Gasteiger partial charge in [-0.1, -0.05) is 36.0 Å². The average Bonchev–Trinajstić information content (AvgIpc) is 2.34. The van der Waals surface area contributed by atoms with E-state index in [-0.39, 0.29) is 0 Å². The summed E-state index contributed by atoms with van der Waals surface area (Å²) in [6.07, 6.45) is 6.27. The monoisotopic (exact) mass is 271 g/mol. The molecule has 0 saturated heterocycles. The molecule has 1 N–H and O–H groups in total. The molecular formula is C14H19Cl2N. The van der Waals surface area contributed by atoms with Crippen LogP contribution in [0.1, 0.15) is 31.2 Å². The highest BCUT2D eigenvalue weighted by molar-refractivity contribution is 6.33. The van der Waals surface area contributed by atoms with Crippen molar-refractivity contribution in [2.45, 2.75) is 38.1 Å². The first kappa shape index (κ1) is 13.2. The van der Waals surface area contributed by atoms with Crippen molar-refractivity contribution in [2.24, 2.45) is 5.92 Å². The average molecular weight is 272 g/mol. The van der Waals surface area contributed by atoms with E-state index in [1.807, 2.05) is 18.2 Å². The lowest BCUT2D eigenvalue weighted by molar-refractivity contribution is 0.273. The van der Waals surface area contributed by atoms with Gasteiger partial charge in [-0.3, -0.25) is 0 Å². The van der Waals surface area contributed by atoms with Gasteiger partial charge in [0.05, 0.1) is 0 Å². The molecule has 94 valence electrons. The quantitative estimate of drug-likeness (QED) is 0.864. The SMILES string of the molecule is CNC1CCCCC1Cc1cc(Cl)ccc1Cl. The van der Waals surface area contributed by atoms with Crippen molar-refractivity contribution >= 4 is 23.2 Å². The normalized spacial score (nSPS) is 24.9. The summed E-state index contributed by atoms with van der Waals surface area (Å²) in [5.41, 5.74) is 1.19. The molecule has 1 saturated carbocycles. The van der Waals surface area contributed by atoms with E-state index < -0.39 is 0 Å². The minimum Gasteiger partial charge on any atom is -0.317 e. The molecule has 0 bridgehead atoms. The molecule has 1 aromatic rings. The van der Waals surface area contributed by atoms with Crippen molar-refractivity contribution in [1.82, 2.24) is 5.32 Å². The molecule has 1 fully saturated rings. The first-order valence-electron chi connectivity index (χ1n) is 6.32. The third kappa shape index (κ3) is 3.37. The Balaban J connectivity index is 2.10. The van der Waals surface area contributed by atoms with Crippen LogP contribution in [0.25, 0.3) is 0 Å². The Labute approximate surface area is 114 Å². The predicted octanol–water partition coefficient (Wildman–Crippen LogP) is 4.31. The van der Waals surface area contributed by atoms with Gasteiger partial charge in [0, 0.05) is 16.1 Å². The fourth-order valence-corrected chi connectivity index (χ4v) is 3.20. The summed E-state index contributed by atoms with van der Waals surface area (Å²) in [7, 11) is 2.06. The Kier molecular flexibility index (Phi) is 4.72. The summed E-state index contributed by atoms with van der Waals surface area (Å²) >= 11 is 12.3. The molecule has 0 spiro atoms. The van der Waals surface area contributed by atoms with Gasteiger partial charge in [0.15, 0.2) is 0 Å². The molecule has 1 aliphatic carbocycles. The lowest BCUT2D eigenvalue weighted by atomic mass is 9.81. The molecule has 0 heterocycles. The largest absolute Gasteiger partial charge is 0.317 e. The molecule has 0 radical (unpaired) electrons. The molecule has 0 aliphatic heterocycles. The summed E-state index contributed by atoms with van der Waals surface area (Å²) in [4.78, 5) is 0. The zero-order chi connectivity index (χ0) is 12.3. The first-order valence-corrected chi connectivity index (χ1v) is 7.07. The second-order valence-corrected chi connectivity index (χ2v) is 5.72. The van der Waals surface area contributed by atoms with E-state index in [1.54, 1.807) is 0 Å². The van der Waals surface area contributed by atoms with Crippen molar-refractivity contribution < 1.29 is 0 Å². The van der Waals surface area contributed by atoms with Crippen LogP contribution in [-0.2, 0) is 6.42 Å². The van der Waals surface area contributed by atoms with Gasteiger partial charge in [0.25, 0.3) is 0 Å². The third-order valence-electron chi connectivity index (χ3n) is 3.77. The minimum absolute atomic E-state index is 0.624. The molecule has 2 unspecified atom stereocenters. The molecule has 3 heteroatoms. The van der Waals surface area contributed by atoms with Crippen LogP contribution >= 0.6 is 23.2 Å². The van der Waals surface area contributed by atoms with Gasteiger partial charge in [-0.2, -0.15) is 0 Å². The second kappa shape index (κ2) is 6.08. The van der Waals surface area contributed by atoms with Crippen LogP contribution in [0.2, 0.25) is 10.0 Å². The van der Waals surface area contributed by atoms with E-state index in [4.69, 9.17) is 23.2 Å². The van der Waals surface area contributed by atoms with Gasteiger partial charge < -0.3 is 5.32 Å². The van der Waals surface area contributed by atoms with Crippen molar-refractivity contribution in [3.05, 3.63) is 33.8 Å². The molecular weight excluding hydrogens is 253 g/mol. The van der Waals surface area contributed by atoms with E-state index in [2.05, 4.69) is 12.4 Å². The van der Waals surface area contributed by atoms with Gasteiger partial charge >= 0.3 is 0 Å². The van der Waals surface area contributed by atoms with Crippen LogP contribution in [0.5, 0.6) is 0 Å². The van der Waals surface area contributed by atoms with Crippen LogP contribution in [-0.4, -0.2) is 13.1 Å². The lowest BCUT2D eigenvalue weighted by Gasteiger charge is -2.31. The van der Waals surface area contributed by atoms with Crippen LogP contribution < -0.4 is 5.32 Å². The smallest absolute Gasteiger partial charge is 0.0439 e. The highest BCUT2D eigenvalue weighted by Crippen LogP contribution is 2.30. The summed E-state index contributed by atoms with van der Waals surface area (Å²) < 4.78 is 0. The fraction of sp³-hybridized carbons (Fsp3) is 0.571. The maximum absolute atomic E-state index is 6.23. The lowest BCUT2D eigenvalue weighted by Crippen LogP contribution is -2.37. The Hall–Kier alpha value is -0.240. The van der Waals surface area contributed by atoms with Crippen molar-refractivity contribution in [1.29, 1.82) is 0 Å². The van der Waals surface area contributed by atoms with Gasteiger partial charge in [-0.05, 0) is 56.0 Å². The van der Waals surface area contributed by atoms with Crippen molar-refractivity contribution in [3.8, 4) is 0 Å². The van der Waals surface area contributed by atoms with E-state index in [1.165, 1.54) is 31.2 Å². The highest BCUT2D eigenvalue weighted by Gasteiger charge is 2.24. The highest BCUT2D eigenvalue weighted by atomic mass is 35.5. The van der Waals surface area contributed by atoms with Crippen molar-refractivity contribution in [3.63, 3.8) is 0 Å². The summed E-state index contributed by atoms with van der Waals surface area (Å²) in [6, 6.07) is 6.38. The minimum atomic E-state index is 0.624. The molecule has 2 rings (SSSR count). The predicted molar refractivity (Wildman–Crippen MR) is 75.0 cm³/mol. The number of halogens is 2. The molecule has 0 amide bonds. The van der Waals surface area contributed by atoms with Crippen molar-refractivity contribution in [2.75, 3.05) is 7.05 Å². The van der Waals surface area contributed by atoms with E-state index in [0.29, 0.717) is 12.0 Å². The van der Waals surface area contributed by atoms with Crippen LogP contribution in [0.15, 0.2) is 18.2 Å². The fourth-order valence-electron chi connectivity index (χ4n) is 2.81. The van der Waals surface area contributed by atoms with Crippen LogP contribution in [0.4, 0.5) is 0 Å². The third-order valence-corrected chi connectivity index (χ3v) is 4.37. The van der Waals surface area contributed by atoms with Gasteiger partial charge in [-0.25, -0.2) is 0 Å². The number of hydrogen-bond acceptors (Lipinski definition) is 1. The number of benzene rings is 1. The second-order valence-electron chi connectivity index (χ2n) is 4.88. The summed E-state index contributed by atoms with van der Waals surface area (Å²) in [5.74, 6) is 0.685. The number of hydrogen-bond donors (Lipinski definition) is 1. The van der Waals surface area contributed by atoms with E-state index in [9.17, 15) is 0 Å². The Bertz CT molecular complexity index is 378. The molecule has 1 aromatic carbocycles.